The second kappa shape index (κ2) is 11.9. The number of benzene rings is 2. The number of aromatic hydroxyl groups is 1. The van der Waals surface area contributed by atoms with Crippen molar-refractivity contribution in [3.63, 3.8) is 0 Å². The quantitative estimate of drug-likeness (QED) is 0.256. The predicted molar refractivity (Wildman–Crippen MR) is 150 cm³/mol. The highest BCUT2D eigenvalue weighted by molar-refractivity contribution is 7.92. The third kappa shape index (κ3) is 9.35. The Morgan fingerprint density at radius 1 is 1.08 bits per heavy atom. The number of phenols is 1. The lowest BCUT2D eigenvalue weighted by Gasteiger charge is -2.40. The molecule has 0 aliphatic heterocycles. The third-order valence-corrected chi connectivity index (χ3v) is 11.7. The van der Waals surface area contributed by atoms with Crippen molar-refractivity contribution in [1.29, 1.82) is 0 Å². The highest BCUT2D eigenvalue weighted by atomic mass is 32.2. The summed E-state index contributed by atoms with van der Waals surface area (Å²) in [4.78, 5) is 11.3. The Balaban J connectivity index is 2.22. The van der Waals surface area contributed by atoms with Gasteiger partial charge in [0, 0.05) is 19.0 Å². The number of hydrogen-bond donors (Lipinski definition) is 3. The lowest BCUT2D eigenvalue weighted by atomic mass is 10.0. The Labute approximate surface area is 217 Å². The van der Waals surface area contributed by atoms with Crippen LogP contribution in [0.3, 0.4) is 0 Å². The van der Waals surface area contributed by atoms with E-state index in [0.29, 0.717) is 13.0 Å². The molecule has 3 N–H and O–H groups in total. The van der Waals surface area contributed by atoms with Gasteiger partial charge in [-0.2, -0.15) is 0 Å². The molecule has 0 unspecified atom stereocenters. The lowest BCUT2D eigenvalue weighted by Crippen LogP contribution is -2.44. The van der Waals surface area contributed by atoms with Gasteiger partial charge in [0.25, 0.3) is 0 Å². The van der Waals surface area contributed by atoms with Crippen molar-refractivity contribution in [1.82, 2.24) is 5.32 Å². The summed E-state index contributed by atoms with van der Waals surface area (Å²) in [6, 6.07) is 13.2. The van der Waals surface area contributed by atoms with Gasteiger partial charge in [-0.05, 0) is 67.2 Å². The molecular formula is C27H42N2O5SSi. The van der Waals surface area contributed by atoms with Crippen LogP contribution in [0.25, 0.3) is 0 Å². The van der Waals surface area contributed by atoms with E-state index in [2.05, 4.69) is 63.0 Å². The molecule has 0 saturated heterocycles. The predicted octanol–water partition coefficient (Wildman–Crippen LogP) is 5.18. The second-order valence-corrected chi connectivity index (χ2v) is 17.7. The molecule has 0 radical (unpaired) electrons. The molecule has 2 rings (SSSR count). The van der Waals surface area contributed by atoms with E-state index in [0.717, 1.165) is 23.8 Å². The largest absolute Gasteiger partial charge is 0.506 e. The minimum atomic E-state index is -3.55. The van der Waals surface area contributed by atoms with E-state index in [9.17, 15) is 18.3 Å². The van der Waals surface area contributed by atoms with Crippen LogP contribution in [-0.4, -0.2) is 46.5 Å². The van der Waals surface area contributed by atoms with Crippen molar-refractivity contribution < 1.29 is 22.7 Å². The molecule has 200 valence electrons. The van der Waals surface area contributed by atoms with Gasteiger partial charge in [0.15, 0.2) is 8.32 Å². The van der Waals surface area contributed by atoms with E-state index in [1.54, 1.807) is 19.1 Å². The van der Waals surface area contributed by atoms with Crippen LogP contribution in [0.2, 0.25) is 18.1 Å². The molecule has 0 fully saturated rings. The van der Waals surface area contributed by atoms with Crippen molar-refractivity contribution in [3.8, 4) is 5.75 Å². The molecular weight excluding hydrogens is 492 g/mol. The van der Waals surface area contributed by atoms with Crippen LogP contribution in [0, 0.1) is 0 Å². The van der Waals surface area contributed by atoms with E-state index in [4.69, 9.17) is 4.43 Å². The van der Waals surface area contributed by atoms with E-state index in [-0.39, 0.29) is 34.4 Å². The fraction of sp³-hybridized carbons (Fsp3) is 0.519. The first-order valence-electron chi connectivity index (χ1n) is 12.3. The first-order valence-corrected chi connectivity index (χ1v) is 17.1. The van der Waals surface area contributed by atoms with Gasteiger partial charge in [0.05, 0.1) is 18.0 Å². The smallest absolute Gasteiger partial charge is 0.229 e. The molecule has 0 aromatic heterocycles. The van der Waals surface area contributed by atoms with Crippen molar-refractivity contribution in [3.05, 3.63) is 59.2 Å². The minimum absolute atomic E-state index is 0.0107. The van der Waals surface area contributed by atoms with Gasteiger partial charge in [-0.25, -0.2) is 8.42 Å². The van der Waals surface area contributed by atoms with Crippen molar-refractivity contribution >= 4 is 29.8 Å². The van der Waals surface area contributed by atoms with E-state index in [1.165, 1.54) is 11.6 Å². The number of nitrogens with one attached hydrogen (secondary N) is 2. The zero-order valence-electron chi connectivity index (χ0n) is 22.8. The molecule has 0 aliphatic carbocycles. The maximum Gasteiger partial charge on any atom is 0.229 e. The minimum Gasteiger partial charge on any atom is -0.506 e. The van der Waals surface area contributed by atoms with E-state index < -0.39 is 18.3 Å². The molecule has 2 atom stereocenters. The topological polar surface area (TPSA) is 105 Å². The van der Waals surface area contributed by atoms with Gasteiger partial charge in [-0.3, -0.25) is 9.52 Å². The van der Waals surface area contributed by atoms with Gasteiger partial charge >= 0.3 is 0 Å². The maximum absolute atomic E-state index is 11.8. The van der Waals surface area contributed by atoms with Crippen LogP contribution < -0.4 is 10.0 Å². The zero-order valence-corrected chi connectivity index (χ0v) is 24.6. The van der Waals surface area contributed by atoms with Gasteiger partial charge < -0.3 is 14.8 Å². The Hall–Kier alpha value is -2.20. The summed E-state index contributed by atoms with van der Waals surface area (Å²) in [5.41, 5.74) is 3.11. The Bertz CT molecular complexity index is 1140. The van der Waals surface area contributed by atoms with Crippen molar-refractivity contribution in [2.75, 3.05) is 17.5 Å². The normalized spacial score (nSPS) is 14.3. The summed E-state index contributed by atoms with van der Waals surface area (Å²) in [6.45, 7) is 15.1. The average molecular weight is 535 g/mol. The maximum atomic E-state index is 11.8. The first kappa shape index (κ1) is 30.0. The number of Topliss-reactive ketones (excluding diaryl/α,β-unsaturated/α-hetero) is 1. The molecule has 0 aliphatic rings. The second-order valence-electron chi connectivity index (χ2n) is 11.2. The number of hydrogen-bond acceptors (Lipinski definition) is 6. The summed E-state index contributed by atoms with van der Waals surface area (Å²) in [6.07, 6.45) is 1.98. The van der Waals surface area contributed by atoms with Crippen LogP contribution in [0.5, 0.6) is 5.75 Å². The van der Waals surface area contributed by atoms with Gasteiger partial charge in [-0.15, -0.1) is 0 Å². The summed E-state index contributed by atoms with van der Waals surface area (Å²) in [7, 11) is -5.71. The van der Waals surface area contributed by atoms with Crippen LogP contribution in [0.15, 0.2) is 42.5 Å². The molecule has 9 heteroatoms. The molecule has 2 aromatic carbocycles. The van der Waals surface area contributed by atoms with Crippen molar-refractivity contribution in [2.24, 2.45) is 0 Å². The van der Waals surface area contributed by atoms with Gasteiger partial charge in [0.2, 0.25) is 10.0 Å². The van der Waals surface area contributed by atoms with Crippen LogP contribution >= 0.6 is 0 Å². The number of anilines is 1. The Kier molecular flexibility index (Phi) is 9.92. The molecule has 0 heterocycles. The molecule has 0 bridgehead atoms. The third-order valence-electron chi connectivity index (χ3n) is 6.60. The average Bonchev–Trinajstić information content (AvgIpc) is 2.72. The van der Waals surface area contributed by atoms with Crippen LogP contribution in [0.1, 0.15) is 57.4 Å². The number of carbonyl (C=O) groups is 1. The summed E-state index contributed by atoms with van der Waals surface area (Å²) >= 11 is 0. The molecule has 0 saturated carbocycles. The zero-order chi connectivity index (χ0) is 27.3. The van der Waals surface area contributed by atoms with Gasteiger partial charge in [-0.1, -0.05) is 51.1 Å². The highest BCUT2D eigenvalue weighted by Crippen LogP contribution is 2.40. The lowest BCUT2D eigenvalue weighted by molar-refractivity contribution is -0.116. The number of sulfonamides is 1. The summed E-state index contributed by atoms with van der Waals surface area (Å²) in [5.74, 6) is 0.0134. The monoisotopic (exact) mass is 534 g/mol. The summed E-state index contributed by atoms with van der Waals surface area (Å²) < 4.78 is 32.7. The SMILES string of the molecule is CC(=O)Cc1ccc(C[C@@H](C)NC[C@@H](O[Si](C)(C)C(C)(C)C)c2ccc(O)c(NS(C)(=O)=O)c2)cc1. The summed E-state index contributed by atoms with van der Waals surface area (Å²) in [5, 5.41) is 13.8. The van der Waals surface area contributed by atoms with Gasteiger partial charge in [0.1, 0.15) is 11.5 Å². The highest BCUT2D eigenvalue weighted by Gasteiger charge is 2.39. The van der Waals surface area contributed by atoms with Crippen LogP contribution in [0.4, 0.5) is 5.69 Å². The van der Waals surface area contributed by atoms with E-state index in [1.807, 2.05) is 12.1 Å². The Morgan fingerprint density at radius 3 is 2.19 bits per heavy atom. The number of phenolic OH excluding ortho intramolecular Hbond substituents is 1. The molecule has 7 nitrogen and oxygen atoms in total. The first-order chi connectivity index (χ1) is 16.5. The molecule has 0 amide bonds. The fourth-order valence-corrected chi connectivity index (χ4v) is 5.46. The molecule has 2 aromatic rings. The van der Waals surface area contributed by atoms with Crippen molar-refractivity contribution in [2.45, 2.75) is 77.7 Å². The number of carbonyl (C=O) groups excluding carboxylic acids is 1. The fourth-order valence-electron chi connectivity index (χ4n) is 3.61. The molecule has 0 spiro atoms. The standard InChI is InChI=1S/C27H42N2O5SSi/c1-19(15-21-9-11-22(12-10-21)16-20(2)30)28-18-26(34-36(7,8)27(3,4)5)23-13-14-25(31)24(17-23)29-35(6,32)33/h9-14,17,19,26,28-29,31H,15-16,18H2,1-8H3/t19-,26-/m1/s1. The number of ketones is 1. The molecule has 36 heavy (non-hydrogen) atoms. The van der Waals surface area contributed by atoms with E-state index >= 15 is 0 Å². The van der Waals surface area contributed by atoms with Crippen LogP contribution in [-0.2, 0) is 32.1 Å². The Morgan fingerprint density at radius 2 is 1.67 bits per heavy atom. The number of rotatable bonds is 12.